The molecule has 0 bridgehead atoms. The van der Waals surface area contributed by atoms with E-state index in [1.165, 1.54) is 18.2 Å². The van der Waals surface area contributed by atoms with Gasteiger partial charge in [0.05, 0.1) is 37.1 Å². The average molecular weight is 522 g/mol. The first-order valence-electron chi connectivity index (χ1n) is 12.6. The van der Waals surface area contributed by atoms with Crippen LogP contribution in [0.15, 0.2) is 48.7 Å². The molecule has 0 aliphatic carbocycles. The Morgan fingerprint density at radius 2 is 1.78 bits per heavy atom. The molecule has 1 fully saturated rings. The number of aromatic nitrogens is 1. The van der Waals surface area contributed by atoms with E-state index in [1.807, 2.05) is 29.4 Å². The number of rotatable bonds is 5. The SMILES string of the molecule is COC(=O)c1cn(-c2cc(Cl)ccc2C(=O)N2Cc3ccccc3C[C@H]2CN2CCOCC2)c(C)c1C. The van der Waals surface area contributed by atoms with Gasteiger partial charge in [-0.25, -0.2) is 4.79 Å². The first-order valence-corrected chi connectivity index (χ1v) is 13.0. The van der Waals surface area contributed by atoms with Gasteiger partial charge in [-0.05, 0) is 55.2 Å². The van der Waals surface area contributed by atoms with Crippen molar-refractivity contribution in [2.24, 2.45) is 0 Å². The van der Waals surface area contributed by atoms with Crippen molar-refractivity contribution in [3.8, 4) is 5.69 Å². The zero-order chi connectivity index (χ0) is 26.1. The van der Waals surface area contributed by atoms with Gasteiger partial charge in [-0.3, -0.25) is 9.69 Å². The second-order valence-corrected chi connectivity index (χ2v) is 10.2. The van der Waals surface area contributed by atoms with Crippen LogP contribution in [0.4, 0.5) is 0 Å². The number of methoxy groups -OCH3 is 1. The van der Waals surface area contributed by atoms with Gasteiger partial charge in [0.15, 0.2) is 0 Å². The number of amides is 1. The van der Waals surface area contributed by atoms with Gasteiger partial charge in [0.25, 0.3) is 5.91 Å². The summed E-state index contributed by atoms with van der Waals surface area (Å²) in [7, 11) is 1.37. The van der Waals surface area contributed by atoms with E-state index in [1.54, 1.807) is 24.4 Å². The molecule has 3 aromatic rings. The van der Waals surface area contributed by atoms with Crippen LogP contribution in [0, 0.1) is 13.8 Å². The van der Waals surface area contributed by atoms with Gasteiger partial charge in [0.2, 0.25) is 0 Å². The Morgan fingerprint density at radius 1 is 1.05 bits per heavy atom. The maximum atomic E-state index is 14.3. The number of halogens is 1. The predicted molar refractivity (Wildman–Crippen MR) is 143 cm³/mol. The summed E-state index contributed by atoms with van der Waals surface area (Å²) in [4.78, 5) is 31.0. The van der Waals surface area contributed by atoms with Crippen molar-refractivity contribution in [2.45, 2.75) is 32.9 Å². The summed E-state index contributed by atoms with van der Waals surface area (Å²) in [5, 5.41) is 0.519. The van der Waals surface area contributed by atoms with Crippen LogP contribution in [0.3, 0.4) is 0 Å². The number of benzene rings is 2. The minimum atomic E-state index is -0.410. The molecular weight excluding hydrogens is 490 g/mol. The first-order chi connectivity index (χ1) is 17.9. The number of nitrogens with zero attached hydrogens (tertiary/aromatic N) is 3. The summed E-state index contributed by atoms with van der Waals surface area (Å²) in [6.45, 7) is 8.30. The highest BCUT2D eigenvalue weighted by Crippen LogP contribution is 2.30. The summed E-state index contributed by atoms with van der Waals surface area (Å²) < 4.78 is 12.4. The van der Waals surface area contributed by atoms with E-state index in [0.29, 0.717) is 41.6 Å². The Kier molecular flexibility index (Phi) is 7.38. The lowest BCUT2D eigenvalue weighted by atomic mass is 9.92. The first kappa shape index (κ1) is 25.5. The number of morpholine rings is 1. The van der Waals surface area contributed by atoms with Crippen LogP contribution >= 0.6 is 11.6 Å². The van der Waals surface area contributed by atoms with Crippen molar-refractivity contribution in [2.75, 3.05) is 40.0 Å². The second-order valence-electron chi connectivity index (χ2n) is 9.75. The molecule has 37 heavy (non-hydrogen) atoms. The molecule has 8 heteroatoms. The molecule has 1 aromatic heterocycles. The normalized spacial score (nSPS) is 17.9. The van der Waals surface area contributed by atoms with Gasteiger partial charge in [-0.1, -0.05) is 35.9 Å². The molecule has 1 saturated heterocycles. The van der Waals surface area contributed by atoms with Gasteiger partial charge in [-0.15, -0.1) is 0 Å². The molecule has 5 rings (SSSR count). The van der Waals surface area contributed by atoms with Crippen molar-refractivity contribution in [1.29, 1.82) is 0 Å². The smallest absolute Gasteiger partial charge is 0.339 e. The third-order valence-corrected chi connectivity index (χ3v) is 7.85. The molecule has 3 heterocycles. The number of ether oxygens (including phenoxy) is 2. The molecule has 0 radical (unpaired) electrons. The van der Waals surface area contributed by atoms with E-state index < -0.39 is 5.97 Å². The molecule has 2 aliphatic heterocycles. The minimum Gasteiger partial charge on any atom is -0.465 e. The van der Waals surface area contributed by atoms with Gasteiger partial charge in [-0.2, -0.15) is 0 Å². The van der Waals surface area contributed by atoms with E-state index in [-0.39, 0.29) is 11.9 Å². The molecule has 194 valence electrons. The molecule has 7 nitrogen and oxygen atoms in total. The molecule has 0 N–H and O–H groups in total. The zero-order valence-corrected chi connectivity index (χ0v) is 22.3. The third-order valence-electron chi connectivity index (χ3n) is 7.61. The lowest BCUT2D eigenvalue weighted by molar-refractivity contribution is 0.0193. The van der Waals surface area contributed by atoms with Crippen LogP contribution in [0.5, 0.6) is 0 Å². The maximum absolute atomic E-state index is 14.3. The Labute approximate surface area is 222 Å². The highest BCUT2D eigenvalue weighted by Gasteiger charge is 2.33. The van der Waals surface area contributed by atoms with Gasteiger partial charge < -0.3 is 18.9 Å². The molecule has 0 saturated carbocycles. The van der Waals surface area contributed by atoms with Crippen LogP contribution in [-0.4, -0.2) is 72.2 Å². The van der Waals surface area contributed by atoms with Gasteiger partial charge in [0, 0.05) is 49.1 Å². The summed E-state index contributed by atoms with van der Waals surface area (Å²) in [5.74, 6) is -0.461. The van der Waals surface area contributed by atoms with E-state index >= 15 is 0 Å². The molecule has 2 aromatic carbocycles. The van der Waals surface area contributed by atoms with Crippen LogP contribution in [0.25, 0.3) is 5.69 Å². The standard InChI is InChI=1S/C29H32ClN3O4/c1-19-20(2)32(18-26(19)29(35)36-3)27-15-23(30)8-9-25(27)28(34)33-16-22-7-5-4-6-21(22)14-24(33)17-31-10-12-37-13-11-31/h4-9,15,18,24H,10-14,16-17H2,1-3H3/t24-/m0/s1. The van der Waals surface area contributed by atoms with Gasteiger partial charge in [0.1, 0.15) is 0 Å². The fraction of sp³-hybridized carbons (Fsp3) is 0.379. The number of hydrogen-bond acceptors (Lipinski definition) is 5. The zero-order valence-electron chi connectivity index (χ0n) is 21.5. The maximum Gasteiger partial charge on any atom is 0.339 e. The van der Waals surface area contributed by atoms with Crippen molar-refractivity contribution < 1.29 is 19.1 Å². The van der Waals surface area contributed by atoms with E-state index in [4.69, 9.17) is 21.1 Å². The molecule has 0 unspecified atom stereocenters. The van der Waals surface area contributed by atoms with E-state index in [0.717, 1.165) is 37.3 Å². The molecule has 1 amide bonds. The van der Waals surface area contributed by atoms with Crippen LogP contribution in [-0.2, 0) is 22.4 Å². The third kappa shape index (κ3) is 5.04. The van der Waals surface area contributed by atoms with E-state index in [9.17, 15) is 9.59 Å². The van der Waals surface area contributed by atoms with Crippen LogP contribution in [0.2, 0.25) is 5.02 Å². The summed E-state index contributed by atoms with van der Waals surface area (Å²) in [6.07, 6.45) is 2.53. The highest BCUT2D eigenvalue weighted by atomic mass is 35.5. The fourth-order valence-electron chi connectivity index (χ4n) is 5.37. The Balaban J connectivity index is 1.54. The van der Waals surface area contributed by atoms with Crippen LogP contribution in [0.1, 0.15) is 43.1 Å². The predicted octanol–water partition coefficient (Wildman–Crippen LogP) is 4.43. The number of fused-ring (bicyclic) bond motifs is 1. The molecular formula is C29H32ClN3O4. The minimum absolute atomic E-state index is 0.0298. The second kappa shape index (κ2) is 10.7. The number of esters is 1. The lowest BCUT2D eigenvalue weighted by Crippen LogP contribution is -2.52. The average Bonchev–Trinajstić information content (AvgIpc) is 3.22. The van der Waals surface area contributed by atoms with Crippen LogP contribution < -0.4 is 0 Å². The van der Waals surface area contributed by atoms with Crippen molar-refractivity contribution in [3.63, 3.8) is 0 Å². The highest BCUT2D eigenvalue weighted by molar-refractivity contribution is 6.31. The largest absolute Gasteiger partial charge is 0.465 e. The Morgan fingerprint density at radius 3 is 2.51 bits per heavy atom. The van der Waals surface area contributed by atoms with Crippen molar-refractivity contribution in [1.82, 2.24) is 14.4 Å². The Bertz CT molecular complexity index is 1330. The monoisotopic (exact) mass is 521 g/mol. The number of carbonyl (C=O) groups is 2. The van der Waals surface area contributed by atoms with Gasteiger partial charge >= 0.3 is 5.97 Å². The molecule has 2 aliphatic rings. The Hall–Kier alpha value is -3.13. The number of carbonyl (C=O) groups excluding carboxylic acids is 2. The summed E-state index contributed by atoms with van der Waals surface area (Å²) in [5.41, 5.74) is 5.79. The lowest BCUT2D eigenvalue weighted by Gasteiger charge is -2.40. The summed E-state index contributed by atoms with van der Waals surface area (Å²) in [6, 6.07) is 13.7. The topological polar surface area (TPSA) is 64.0 Å². The van der Waals surface area contributed by atoms with Crippen molar-refractivity contribution in [3.05, 3.63) is 87.2 Å². The van der Waals surface area contributed by atoms with E-state index in [2.05, 4.69) is 23.1 Å². The quantitative estimate of drug-likeness (QED) is 0.465. The molecule has 1 atom stereocenters. The number of hydrogen-bond donors (Lipinski definition) is 0. The van der Waals surface area contributed by atoms with Crippen molar-refractivity contribution >= 4 is 23.5 Å². The fourth-order valence-corrected chi connectivity index (χ4v) is 5.54. The summed E-state index contributed by atoms with van der Waals surface area (Å²) >= 11 is 6.42. The molecule has 0 spiro atoms.